The van der Waals surface area contributed by atoms with Crippen molar-refractivity contribution in [1.82, 2.24) is 14.5 Å². The Bertz CT molecular complexity index is 3030. The van der Waals surface area contributed by atoms with Gasteiger partial charge in [0.05, 0.1) is 30.5 Å². The molecule has 4 aromatic heterocycles. The third kappa shape index (κ3) is 7.02. The van der Waals surface area contributed by atoms with Crippen LogP contribution in [-0.2, 0) is 20.1 Å². The Morgan fingerprint density at radius 3 is 2.00 bits per heavy atom. The number of fused-ring (bicyclic) bond motifs is 7. The van der Waals surface area contributed by atoms with E-state index < -0.39 is 8.07 Å². The summed E-state index contributed by atoms with van der Waals surface area (Å²) in [6.45, 7) is 16.0. The number of imidazole rings is 1. The van der Waals surface area contributed by atoms with Gasteiger partial charge >= 0.3 is 0 Å². The first kappa shape index (κ1) is 39.2. The van der Waals surface area contributed by atoms with Gasteiger partial charge < -0.3 is 18.4 Å². The summed E-state index contributed by atoms with van der Waals surface area (Å²) < 4.78 is 15.2. The van der Waals surface area contributed by atoms with Crippen LogP contribution in [0, 0.1) is 12.1 Å². The van der Waals surface area contributed by atoms with Crippen molar-refractivity contribution in [3.8, 4) is 28.3 Å². The van der Waals surface area contributed by atoms with Crippen molar-refractivity contribution in [3.63, 3.8) is 0 Å². The van der Waals surface area contributed by atoms with E-state index in [2.05, 4.69) is 142 Å². The zero-order valence-electron chi connectivity index (χ0n) is 33.8. The Morgan fingerprint density at radius 1 is 0.621 bits per heavy atom. The third-order valence-corrected chi connectivity index (χ3v) is 12.9. The van der Waals surface area contributed by atoms with E-state index in [-0.39, 0.29) is 20.1 Å². The number of furan rings is 2. The molecule has 1 radical (unpaired) electrons. The molecule has 291 valence electrons. The van der Waals surface area contributed by atoms with Crippen LogP contribution in [-0.4, -0.2) is 22.6 Å². The molecule has 0 N–H and O–H groups in total. The van der Waals surface area contributed by atoms with Crippen LogP contribution in [0.2, 0.25) is 19.6 Å². The Balaban J connectivity index is 0.000000233. The molecule has 10 aromatic rings. The molecule has 0 unspecified atom stereocenters. The second-order valence-electron chi connectivity index (χ2n) is 16.5. The van der Waals surface area contributed by atoms with Crippen molar-refractivity contribution in [2.45, 2.75) is 59.2 Å². The molecule has 0 aliphatic heterocycles. The Kier molecular flexibility index (Phi) is 10.6. The third-order valence-electron chi connectivity index (χ3n) is 10.9. The normalized spacial score (nSPS) is 11.9. The zero-order valence-corrected chi connectivity index (χ0v) is 37.2. The van der Waals surface area contributed by atoms with Crippen molar-refractivity contribution in [3.05, 3.63) is 157 Å². The average molecular weight is 952 g/mol. The van der Waals surface area contributed by atoms with E-state index in [1.165, 1.54) is 22.0 Å². The van der Waals surface area contributed by atoms with Crippen LogP contribution in [0.3, 0.4) is 0 Å². The number of hydrogen-bond acceptors (Lipinski definition) is 4. The van der Waals surface area contributed by atoms with Gasteiger partial charge in [-0.25, -0.2) is 0 Å². The van der Waals surface area contributed by atoms with Crippen molar-refractivity contribution < 1.29 is 28.9 Å². The topological polar surface area (TPSA) is 57.0 Å². The quantitative estimate of drug-likeness (QED) is 0.123. The molecule has 7 heteroatoms. The SMILES string of the molecule is CC(C)c1cccc(C(C)C)c1-n1c(-c2[c-]ccc3c2oc2cc4c(cc23)oc2ccccc24)nc2ccccc21.C[Si](C)(C)c1ccc(-c2[c-]cccc2)nc1.[Ir]. The Labute approximate surface area is 354 Å². The Hall–Kier alpha value is -5.59. The molecule has 0 saturated carbocycles. The number of nitrogens with zero attached hydrogens (tertiary/aromatic N) is 3. The molecular formula is C51H45IrN3O2Si-2. The summed E-state index contributed by atoms with van der Waals surface area (Å²) in [5.41, 5.74) is 12.1. The fourth-order valence-corrected chi connectivity index (χ4v) is 8.90. The minimum atomic E-state index is -1.23. The fourth-order valence-electron chi connectivity index (χ4n) is 7.86. The first-order valence-corrected chi connectivity index (χ1v) is 23.3. The molecule has 58 heavy (non-hydrogen) atoms. The Morgan fingerprint density at radius 2 is 1.31 bits per heavy atom. The van der Waals surface area contributed by atoms with E-state index in [0.29, 0.717) is 11.8 Å². The molecular weight excluding hydrogens is 907 g/mol. The van der Waals surface area contributed by atoms with Crippen LogP contribution >= 0.6 is 0 Å². The van der Waals surface area contributed by atoms with Gasteiger partial charge in [0.1, 0.15) is 16.7 Å². The first-order chi connectivity index (χ1) is 27.6. The van der Waals surface area contributed by atoms with Crippen LogP contribution in [0.25, 0.3) is 83.2 Å². The fraction of sp³-hybridized carbons (Fsp3) is 0.176. The molecule has 6 aromatic carbocycles. The number of benzene rings is 6. The maximum Gasteiger partial charge on any atom is 0.136 e. The summed E-state index contributed by atoms with van der Waals surface area (Å²) in [7, 11) is -1.23. The summed E-state index contributed by atoms with van der Waals surface area (Å²) in [6, 6.07) is 50.4. The maximum atomic E-state index is 6.68. The van der Waals surface area contributed by atoms with E-state index in [0.717, 1.165) is 77.6 Å². The molecule has 10 rings (SSSR count). The van der Waals surface area contributed by atoms with E-state index in [1.54, 1.807) is 0 Å². The van der Waals surface area contributed by atoms with Gasteiger partial charge in [0.15, 0.2) is 0 Å². The molecule has 4 heterocycles. The predicted molar refractivity (Wildman–Crippen MR) is 240 cm³/mol. The second-order valence-corrected chi connectivity index (χ2v) is 21.5. The van der Waals surface area contributed by atoms with Crippen LogP contribution in [0.15, 0.2) is 142 Å². The van der Waals surface area contributed by atoms with Crippen molar-refractivity contribution in [1.29, 1.82) is 0 Å². The smallest absolute Gasteiger partial charge is 0.136 e. The predicted octanol–water partition coefficient (Wildman–Crippen LogP) is 13.6. The molecule has 0 amide bonds. The molecule has 0 fully saturated rings. The van der Waals surface area contributed by atoms with E-state index in [4.69, 9.17) is 13.8 Å². The number of rotatable bonds is 6. The van der Waals surface area contributed by atoms with Gasteiger partial charge in [-0.3, -0.25) is 4.98 Å². The van der Waals surface area contributed by atoms with Crippen LogP contribution < -0.4 is 5.19 Å². The molecule has 0 aliphatic rings. The average Bonchev–Trinajstić information content (AvgIpc) is 3.91. The van der Waals surface area contributed by atoms with Crippen molar-refractivity contribution in [2.75, 3.05) is 0 Å². The number of pyridine rings is 1. The maximum absolute atomic E-state index is 6.68. The van der Waals surface area contributed by atoms with Crippen LogP contribution in [0.4, 0.5) is 0 Å². The van der Waals surface area contributed by atoms with E-state index in [1.807, 2.05) is 60.8 Å². The number of para-hydroxylation sites is 4. The van der Waals surface area contributed by atoms with Gasteiger partial charge in [-0.05, 0) is 64.2 Å². The minimum absolute atomic E-state index is 0. The summed E-state index contributed by atoms with van der Waals surface area (Å²) in [5.74, 6) is 1.52. The molecule has 0 spiro atoms. The van der Waals surface area contributed by atoms with Gasteiger partial charge in [0, 0.05) is 48.1 Å². The zero-order chi connectivity index (χ0) is 39.4. The van der Waals surface area contributed by atoms with E-state index in [9.17, 15) is 0 Å². The van der Waals surface area contributed by atoms with E-state index >= 15 is 0 Å². The number of aromatic nitrogens is 3. The van der Waals surface area contributed by atoms with Gasteiger partial charge in [0.2, 0.25) is 0 Å². The summed E-state index contributed by atoms with van der Waals surface area (Å²) in [4.78, 5) is 9.74. The van der Waals surface area contributed by atoms with Gasteiger partial charge in [-0.1, -0.05) is 119 Å². The monoisotopic (exact) mass is 952 g/mol. The molecule has 0 atom stereocenters. The summed E-state index contributed by atoms with van der Waals surface area (Å²) >= 11 is 0. The number of hydrogen-bond donors (Lipinski definition) is 0. The van der Waals surface area contributed by atoms with Crippen molar-refractivity contribution in [2.24, 2.45) is 0 Å². The largest absolute Gasteiger partial charge is 0.501 e. The summed E-state index contributed by atoms with van der Waals surface area (Å²) in [6.07, 6.45) is 2.02. The first-order valence-electron chi connectivity index (χ1n) is 19.8. The standard InChI is InChI=1S/C37H29N2O2.C14H16NSi.Ir/c1-21(2)23-12-9-13-24(22(3)4)35(23)39-31-17-7-6-16-30(31)38-37(39)27-15-10-14-26-29-20-33-28(19-34(29)41-36(26)27)25-11-5-8-18-32(25)40-33;1-16(2,3)13-9-10-14(15-11-13)12-7-5-4-6-8-12;/h5-14,16-22H,1-4H3;4-7,9-11H,1-3H3;/q2*-1;. The van der Waals surface area contributed by atoms with Gasteiger partial charge in [-0.2, -0.15) is 0 Å². The van der Waals surface area contributed by atoms with Crippen LogP contribution in [0.1, 0.15) is 50.7 Å². The van der Waals surface area contributed by atoms with Gasteiger partial charge in [0.25, 0.3) is 0 Å². The van der Waals surface area contributed by atoms with Gasteiger partial charge in [-0.15, -0.1) is 54.1 Å². The molecule has 5 nitrogen and oxygen atoms in total. The second kappa shape index (κ2) is 15.6. The molecule has 0 aliphatic carbocycles. The van der Waals surface area contributed by atoms with Crippen molar-refractivity contribution >= 4 is 68.2 Å². The molecule has 0 saturated heterocycles. The summed E-state index contributed by atoms with van der Waals surface area (Å²) in [5, 5.41) is 5.58. The van der Waals surface area contributed by atoms with Crippen LogP contribution in [0.5, 0.6) is 0 Å². The minimum Gasteiger partial charge on any atom is -0.501 e. The molecule has 0 bridgehead atoms.